The predicted molar refractivity (Wildman–Crippen MR) is 94.0 cm³/mol. The normalized spacial score (nSPS) is 16.1. The third-order valence-electron chi connectivity index (χ3n) is 4.35. The molecule has 1 aromatic rings. The topological polar surface area (TPSA) is 69.8 Å². The summed E-state index contributed by atoms with van der Waals surface area (Å²) in [5, 5.41) is 9.83. The van der Waals surface area contributed by atoms with E-state index in [-0.39, 0.29) is 5.92 Å². The maximum Gasteiger partial charge on any atom is 0.306 e. The Kier molecular flexibility index (Phi) is 6.69. The molecular formula is C17H26ClN3O2. The Morgan fingerprint density at radius 2 is 2.09 bits per heavy atom. The van der Waals surface area contributed by atoms with Gasteiger partial charge in [-0.1, -0.05) is 11.6 Å². The van der Waals surface area contributed by atoms with Crippen LogP contribution < -0.4 is 10.6 Å². The molecule has 1 saturated heterocycles. The highest BCUT2D eigenvalue weighted by atomic mass is 35.5. The molecule has 0 amide bonds. The minimum Gasteiger partial charge on any atom is -0.481 e. The lowest BCUT2D eigenvalue weighted by molar-refractivity contribution is -0.142. The van der Waals surface area contributed by atoms with Crippen molar-refractivity contribution in [2.75, 3.05) is 38.1 Å². The Balaban J connectivity index is 2.01. The molecule has 0 atom stereocenters. The minimum atomic E-state index is -0.682. The fourth-order valence-corrected chi connectivity index (χ4v) is 3.30. The van der Waals surface area contributed by atoms with Gasteiger partial charge in [0.2, 0.25) is 0 Å². The summed E-state index contributed by atoms with van der Waals surface area (Å²) < 4.78 is 0. The number of hydrogen-bond acceptors (Lipinski definition) is 4. The molecule has 1 aliphatic rings. The first-order valence-electron chi connectivity index (χ1n) is 8.15. The average Bonchev–Trinajstić information content (AvgIpc) is 2.52. The smallest absolute Gasteiger partial charge is 0.306 e. The average molecular weight is 340 g/mol. The standard InChI is InChI=1S/C17H26ClN3O2/c1-20(6-2-5-19)12-13-9-15(18)11-16(10-13)21-7-3-14(4-8-21)17(22)23/h9-11,14H,2-8,12,19H2,1H3,(H,22,23). The van der Waals surface area contributed by atoms with Gasteiger partial charge < -0.3 is 20.6 Å². The molecule has 1 fully saturated rings. The second kappa shape index (κ2) is 8.52. The molecule has 5 nitrogen and oxygen atoms in total. The second-order valence-electron chi connectivity index (χ2n) is 6.30. The molecule has 0 radical (unpaired) electrons. The van der Waals surface area contributed by atoms with Crippen molar-refractivity contribution in [2.24, 2.45) is 11.7 Å². The van der Waals surface area contributed by atoms with Crippen molar-refractivity contribution in [3.63, 3.8) is 0 Å². The molecule has 0 spiro atoms. The van der Waals surface area contributed by atoms with Crippen LogP contribution in [0.15, 0.2) is 18.2 Å². The van der Waals surface area contributed by atoms with Crippen molar-refractivity contribution in [3.8, 4) is 0 Å². The summed E-state index contributed by atoms with van der Waals surface area (Å²) in [6.45, 7) is 4.02. The SMILES string of the molecule is CN(CCCN)Cc1cc(Cl)cc(N2CCC(C(=O)O)CC2)c1. The highest BCUT2D eigenvalue weighted by molar-refractivity contribution is 6.30. The van der Waals surface area contributed by atoms with E-state index in [1.54, 1.807) is 0 Å². The number of carboxylic acid groups (broad SMARTS) is 1. The second-order valence-corrected chi connectivity index (χ2v) is 6.73. The highest BCUT2D eigenvalue weighted by Crippen LogP contribution is 2.27. The van der Waals surface area contributed by atoms with Crippen LogP contribution in [0.2, 0.25) is 5.02 Å². The lowest BCUT2D eigenvalue weighted by Crippen LogP contribution is -2.36. The molecule has 0 unspecified atom stereocenters. The van der Waals surface area contributed by atoms with Crippen molar-refractivity contribution in [1.82, 2.24) is 4.90 Å². The molecule has 2 rings (SSSR count). The van der Waals surface area contributed by atoms with Gasteiger partial charge in [0.15, 0.2) is 0 Å². The van der Waals surface area contributed by atoms with Gasteiger partial charge in [0.1, 0.15) is 0 Å². The van der Waals surface area contributed by atoms with Crippen molar-refractivity contribution in [3.05, 3.63) is 28.8 Å². The molecule has 23 heavy (non-hydrogen) atoms. The molecule has 0 aromatic heterocycles. The number of carboxylic acids is 1. The Hall–Kier alpha value is -1.30. The number of rotatable bonds is 7. The summed E-state index contributed by atoms with van der Waals surface area (Å²) in [6.07, 6.45) is 2.35. The Bertz CT molecular complexity index is 531. The Labute approximate surface area is 143 Å². The van der Waals surface area contributed by atoms with Crippen LogP contribution in [0.1, 0.15) is 24.8 Å². The van der Waals surface area contributed by atoms with E-state index in [1.807, 2.05) is 12.1 Å². The van der Waals surface area contributed by atoms with Gasteiger partial charge in [0, 0.05) is 30.3 Å². The molecule has 0 saturated carbocycles. The van der Waals surface area contributed by atoms with Crippen molar-refractivity contribution in [1.29, 1.82) is 0 Å². The summed E-state index contributed by atoms with van der Waals surface area (Å²) in [6, 6.07) is 6.12. The van der Waals surface area contributed by atoms with E-state index in [4.69, 9.17) is 22.4 Å². The fraction of sp³-hybridized carbons (Fsp3) is 0.588. The number of nitrogens with zero attached hydrogens (tertiary/aromatic N) is 2. The number of aliphatic carboxylic acids is 1. The Morgan fingerprint density at radius 1 is 1.39 bits per heavy atom. The quantitative estimate of drug-likeness (QED) is 0.798. The molecule has 128 valence electrons. The van der Waals surface area contributed by atoms with E-state index in [0.717, 1.165) is 43.3 Å². The number of benzene rings is 1. The molecule has 1 heterocycles. The van der Waals surface area contributed by atoms with Crippen LogP contribution in [0.3, 0.4) is 0 Å². The molecule has 3 N–H and O–H groups in total. The summed E-state index contributed by atoms with van der Waals surface area (Å²) in [5.41, 5.74) is 7.81. The van der Waals surface area contributed by atoms with Crippen LogP contribution in [-0.2, 0) is 11.3 Å². The van der Waals surface area contributed by atoms with Gasteiger partial charge in [0.05, 0.1) is 5.92 Å². The van der Waals surface area contributed by atoms with Crippen LogP contribution in [0.4, 0.5) is 5.69 Å². The molecular weight excluding hydrogens is 314 g/mol. The predicted octanol–water partition coefficient (Wildman–Crippen LogP) is 2.42. The third-order valence-corrected chi connectivity index (χ3v) is 4.57. The Morgan fingerprint density at radius 3 is 2.70 bits per heavy atom. The van der Waals surface area contributed by atoms with Gasteiger partial charge in [0.25, 0.3) is 0 Å². The molecule has 0 bridgehead atoms. The van der Waals surface area contributed by atoms with E-state index in [9.17, 15) is 4.79 Å². The zero-order valence-corrected chi connectivity index (χ0v) is 14.4. The maximum atomic E-state index is 11.1. The first-order chi connectivity index (χ1) is 11.0. The molecule has 6 heteroatoms. The zero-order valence-electron chi connectivity index (χ0n) is 13.7. The van der Waals surface area contributed by atoms with E-state index in [2.05, 4.69) is 22.9 Å². The van der Waals surface area contributed by atoms with Gasteiger partial charge in [-0.05, 0) is 63.2 Å². The monoisotopic (exact) mass is 339 g/mol. The number of nitrogens with two attached hydrogens (primary N) is 1. The number of piperidine rings is 1. The molecule has 1 aliphatic heterocycles. The fourth-order valence-electron chi connectivity index (χ4n) is 3.04. The lowest BCUT2D eigenvalue weighted by Gasteiger charge is -2.32. The van der Waals surface area contributed by atoms with Gasteiger partial charge in [-0.2, -0.15) is 0 Å². The summed E-state index contributed by atoms with van der Waals surface area (Å²) >= 11 is 6.28. The van der Waals surface area contributed by atoms with Crippen LogP contribution >= 0.6 is 11.6 Å². The number of hydrogen-bond donors (Lipinski definition) is 2. The van der Waals surface area contributed by atoms with Gasteiger partial charge >= 0.3 is 5.97 Å². The molecule has 0 aliphatic carbocycles. The van der Waals surface area contributed by atoms with Crippen LogP contribution in [0.25, 0.3) is 0 Å². The van der Waals surface area contributed by atoms with Crippen LogP contribution in [-0.4, -0.2) is 49.2 Å². The summed E-state index contributed by atoms with van der Waals surface area (Å²) in [7, 11) is 2.08. The van der Waals surface area contributed by atoms with Gasteiger partial charge in [-0.15, -0.1) is 0 Å². The largest absolute Gasteiger partial charge is 0.481 e. The van der Waals surface area contributed by atoms with E-state index in [1.165, 1.54) is 5.56 Å². The maximum absolute atomic E-state index is 11.1. The third kappa shape index (κ3) is 5.37. The van der Waals surface area contributed by atoms with E-state index >= 15 is 0 Å². The van der Waals surface area contributed by atoms with Gasteiger partial charge in [-0.3, -0.25) is 4.79 Å². The van der Waals surface area contributed by atoms with Crippen molar-refractivity contribution >= 4 is 23.3 Å². The number of anilines is 1. The number of halogens is 1. The minimum absolute atomic E-state index is 0.215. The van der Waals surface area contributed by atoms with E-state index < -0.39 is 5.97 Å². The first-order valence-corrected chi connectivity index (χ1v) is 8.53. The number of carbonyl (C=O) groups is 1. The zero-order chi connectivity index (χ0) is 16.8. The van der Waals surface area contributed by atoms with Crippen molar-refractivity contribution < 1.29 is 9.90 Å². The highest BCUT2D eigenvalue weighted by Gasteiger charge is 2.24. The van der Waals surface area contributed by atoms with Crippen LogP contribution in [0.5, 0.6) is 0 Å². The first kappa shape index (κ1) is 18.0. The van der Waals surface area contributed by atoms with Crippen molar-refractivity contribution in [2.45, 2.75) is 25.8 Å². The van der Waals surface area contributed by atoms with Crippen LogP contribution in [0, 0.1) is 5.92 Å². The summed E-state index contributed by atoms with van der Waals surface area (Å²) in [4.78, 5) is 15.5. The van der Waals surface area contributed by atoms with Gasteiger partial charge in [-0.25, -0.2) is 0 Å². The van der Waals surface area contributed by atoms with E-state index in [0.29, 0.717) is 19.4 Å². The molecule has 1 aromatic carbocycles. The summed E-state index contributed by atoms with van der Waals surface area (Å²) in [5.74, 6) is -0.898. The lowest BCUT2D eigenvalue weighted by atomic mass is 9.96.